The Morgan fingerprint density at radius 2 is 1.95 bits per heavy atom. The van der Waals surface area contributed by atoms with Gasteiger partial charge in [-0.2, -0.15) is 0 Å². The summed E-state index contributed by atoms with van der Waals surface area (Å²) >= 11 is 0. The first-order chi connectivity index (χ1) is 9.01. The third kappa shape index (κ3) is 2.30. The normalized spacial score (nSPS) is 39.2. The zero-order valence-corrected chi connectivity index (χ0v) is 10.7. The van der Waals surface area contributed by atoms with Gasteiger partial charge in [0.15, 0.2) is 6.29 Å². The van der Waals surface area contributed by atoms with E-state index in [1.165, 1.54) is 7.11 Å². The van der Waals surface area contributed by atoms with Crippen molar-refractivity contribution in [1.29, 1.82) is 0 Å². The Kier molecular flexibility index (Phi) is 4.00. The van der Waals surface area contributed by atoms with Crippen LogP contribution in [0.25, 0.3) is 0 Å². The van der Waals surface area contributed by atoms with Gasteiger partial charge in [-0.1, -0.05) is 6.92 Å². The number of methoxy groups -OCH3 is 1. The van der Waals surface area contributed by atoms with Crippen LogP contribution in [0, 0.1) is 5.92 Å². The van der Waals surface area contributed by atoms with Crippen LogP contribution in [0.15, 0.2) is 12.2 Å². The SMILES string of the molecule is CO[C@@H]1OC(CO)[C@@H](C)[C@H](O)C1N1C(=O)C=CC1=O. The van der Waals surface area contributed by atoms with Crippen LogP contribution in [-0.2, 0) is 19.1 Å². The van der Waals surface area contributed by atoms with E-state index in [1.54, 1.807) is 6.92 Å². The number of carbonyl (C=O) groups is 2. The summed E-state index contributed by atoms with van der Waals surface area (Å²) in [6.45, 7) is 1.41. The van der Waals surface area contributed by atoms with E-state index >= 15 is 0 Å². The number of rotatable bonds is 3. The summed E-state index contributed by atoms with van der Waals surface area (Å²) in [4.78, 5) is 24.3. The van der Waals surface area contributed by atoms with Gasteiger partial charge in [0.25, 0.3) is 11.8 Å². The van der Waals surface area contributed by atoms with Crippen molar-refractivity contribution >= 4 is 11.8 Å². The molecule has 7 nitrogen and oxygen atoms in total. The minimum absolute atomic E-state index is 0.273. The molecular formula is C12H17NO6. The van der Waals surface area contributed by atoms with Crippen LogP contribution < -0.4 is 0 Å². The van der Waals surface area contributed by atoms with Crippen molar-refractivity contribution in [3.63, 3.8) is 0 Å². The highest BCUT2D eigenvalue weighted by Gasteiger charge is 2.49. The standard InChI is InChI=1S/C12H17NO6/c1-6-7(5-14)19-12(18-2)10(11(6)17)13-8(15)3-4-9(13)16/h3-4,6-7,10-12,14,17H,5H2,1-2H3/t6-,7?,10?,11+,12-/m1/s1. The number of amides is 2. The predicted molar refractivity (Wildman–Crippen MR) is 62.7 cm³/mol. The maximum Gasteiger partial charge on any atom is 0.254 e. The Labute approximate surface area is 110 Å². The number of ether oxygens (including phenoxy) is 2. The van der Waals surface area contributed by atoms with Crippen LogP contribution in [0.2, 0.25) is 0 Å². The Bertz CT molecular complexity index is 389. The summed E-state index contributed by atoms with van der Waals surface area (Å²) in [6.07, 6.45) is -0.299. The predicted octanol–water partition coefficient (Wildman–Crippen LogP) is -1.36. The van der Waals surface area contributed by atoms with Crippen molar-refractivity contribution in [2.45, 2.75) is 31.5 Å². The molecule has 2 heterocycles. The molecule has 7 heteroatoms. The summed E-state index contributed by atoms with van der Waals surface area (Å²) in [5, 5.41) is 19.5. The second-order valence-corrected chi connectivity index (χ2v) is 4.68. The molecule has 0 aromatic rings. The van der Waals surface area contributed by atoms with Gasteiger partial charge in [0.1, 0.15) is 6.04 Å². The van der Waals surface area contributed by atoms with Gasteiger partial charge in [-0.3, -0.25) is 14.5 Å². The van der Waals surface area contributed by atoms with E-state index in [1.807, 2.05) is 0 Å². The Hall–Kier alpha value is -1.28. The number of carbonyl (C=O) groups excluding carboxylic acids is 2. The van der Waals surface area contributed by atoms with Crippen molar-refractivity contribution in [3.05, 3.63) is 12.2 Å². The van der Waals surface area contributed by atoms with Crippen molar-refractivity contribution in [1.82, 2.24) is 4.90 Å². The van der Waals surface area contributed by atoms with Crippen LogP contribution in [0.4, 0.5) is 0 Å². The quantitative estimate of drug-likeness (QED) is 0.615. The Morgan fingerprint density at radius 1 is 1.37 bits per heavy atom. The highest BCUT2D eigenvalue weighted by molar-refractivity contribution is 6.13. The second kappa shape index (κ2) is 5.38. The molecule has 2 N–H and O–H groups in total. The summed E-state index contributed by atoms with van der Waals surface area (Å²) in [6, 6.07) is -0.919. The fraction of sp³-hybridized carbons (Fsp3) is 0.667. The fourth-order valence-corrected chi connectivity index (χ4v) is 2.45. The minimum Gasteiger partial charge on any atom is -0.394 e. The van der Waals surface area contributed by atoms with Crippen molar-refractivity contribution in [3.8, 4) is 0 Å². The summed E-state index contributed by atoms with van der Waals surface area (Å²) in [5.74, 6) is -1.44. The molecule has 5 atom stereocenters. The molecule has 2 unspecified atom stereocenters. The minimum atomic E-state index is -1.02. The molecule has 0 aliphatic carbocycles. The van der Waals surface area contributed by atoms with Gasteiger partial charge < -0.3 is 19.7 Å². The first-order valence-electron chi connectivity index (χ1n) is 6.03. The molecule has 2 rings (SSSR count). The molecule has 1 saturated heterocycles. The van der Waals surface area contributed by atoms with Crippen LogP contribution in [-0.4, -0.2) is 65.2 Å². The lowest BCUT2D eigenvalue weighted by molar-refractivity contribution is -0.260. The van der Waals surface area contributed by atoms with Gasteiger partial charge in [-0.05, 0) is 0 Å². The number of hydrogen-bond donors (Lipinski definition) is 2. The number of nitrogens with zero attached hydrogens (tertiary/aromatic N) is 1. The first-order valence-corrected chi connectivity index (χ1v) is 6.03. The topological polar surface area (TPSA) is 96.3 Å². The molecule has 0 spiro atoms. The third-order valence-electron chi connectivity index (χ3n) is 3.62. The van der Waals surface area contributed by atoms with Gasteiger partial charge in [-0.25, -0.2) is 0 Å². The van der Waals surface area contributed by atoms with E-state index in [0.717, 1.165) is 17.1 Å². The lowest BCUT2D eigenvalue weighted by Gasteiger charge is -2.45. The molecule has 0 bridgehead atoms. The molecular weight excluding hydrogens is 254 g/mol. The lowest BCUT2D eigenvalue weighted by atomic mass is 9.88. The summed E-state index contributed by atoms with van der Waals surface area (Å²) in [5.41, 5.74) is 0. The fourth-order valence-electron chi connectivity index (χ4n) is 2.45. The number of aliphatic hydroxyl groups is 2. The largest absolute Gasteiger partial charge is 0.394 e. The maximum atomic E-state index is 11.7. The highest BCUT2D eigenvalue weighted by atomic mass is 16.7. The molecule has 1 fully saturated rings. The lowest BCUT2D eigenvalue weighted by Crippen LogP contribution is -2.63. The smallest absolute Gasteiger partial charge is 0.254 e. The van der Waals surface area contributed by atoms with Gasteiger partial charge >= 0.3 is 0 Å². The molecule has 2 aliphatic rings. The maximum absolute atomic E-state index is 11.7. The zero-order chi connectivity index (χ0) is 14.2. The molecule has 0 saturated carbocycles. The first kappa shape index (κ1) is 14.1. The second-order valence-electron chi connectivity index (χ2n) is 4.68. The zero-order valence-electron chi connectivity index (χ0n) is 10.7. The summed E-state index contributed by atoms with van der Waals surface area (Å²) < 4.78 is 10.6. The molecule has 2 aliphatic heterocycles. The van der Waals surface area contributed by atoms with E-state index < -0.39 is 42.3 Å². The van der Waals surface area contributed by atoms with Crippen molar-refractivity contribution < 1.29 is 29.3 Å². The number of aliphatic hydroxyl groups excluding tert-OH is 2. The average Bonchev–Trinajstić information content (AvgIpc) is 2.72. The van der Waals surface area contributed by atoms with Gasteiger partial charge in [0, 0.05) is 25.2 Å². The van der Waals surface area contributed by atoms with Crippen LogP contribution in [0.3, 0.4) is 0 Å². The number of hydrogen-bond acceptors (Lipinski definition) is 6. The van der Waals surface area contributed by atoms with Crippen molar-refractivity contribution in [2.75, 3.05) is 13.7 Å². The molecule has 2 amide bonds. The monoisotopic (exact) mass is 271 g/mol. The molecule has 0 radical (unpaired) electrons. The average molecular weight is 271 g/mol. The van der Waals surface area contributed by atoms with Crippen molar-refractivity contribution in [2.24, 2.45) is 5.92 Å². The molecule has 0 aromatic carbocycles. The highest BCUT2D eigenvalue weighted by Crippen LogP contribution is 2.30. The number of imide groups is 1. The van der Waals surface area contributed by atoms with E-state index in [2.05, 4.69) is 0 Å². The third-order valence-corrected chi connectivity index (χ3v) is 3.62. The van der Waals surface area contributed by atoms with E-state index in [9.17, 15) is 19.8 Å². The Balaban J connectivity index is 2.27. The van der Waals surface area contributed by atoms with Crippen LogP contribution in [0.5, 0.6) is 0 Å². The molecule has 0 aromatic heterocycles. The van der Waals surface area contributed by atoms with Gasteiger partial charge in [-0.15, -0.1) is 0 Å². The Morgan fingerprint density at radius 3 is 2.42 bits per heavy atom. The van der Waals surface area contributed by atoms with E-state index in [4.69, 9.17) is 9.47 Å². The van der Waals surface area contributed by atoms with E-state index in [-0.39, 0.29) is 6.61 Å². The summed E-state index contributed by atoms with van der Waals surface area (Å²) in [7, 11) is 1.35. The van der Waals surface area contributed by atoms with Crippen LogP contribution >= 0.6 is 0 Å². The molecule has 19 heavy (non-hydrogen) atoms. The van der Waals surface area contributed by atoms with Gasteiger partial charge in [0.2, 0.25) is 0 Å². The van der Waals surface area contributed by atoms with Crippen LogP contribution in [0.1, 0.15) is 6.92 Å². The van der Waals surface area contributed by atoms with Gasteiger partial charge in [0.05, 0.1) is 18.8 Å². The molecule has 106 valence electrons. The van der Waals surface area contributed by atoms with E-state index in [0.29, 0.717) is 0 Å².